The van der Waals surface area contributed by atoms with Gasteiger partial charge in [0.05, 0.1) is 12.0 Å². The summed E-state index contributed by atoms with van der Waals surface area (Å²) in [6, 6.07) is 13.3. The Hall–Kier alpha value is -2.12. The van der Waals surface area contributed by atoms with E-state index in [-0.39, 0.29) is 5.92 Å². The van der Waals surface area contributed by atoms with E-state index < -0.39 is 0 Å². The molecule has 0 saturated heterocycles. The molecular weight excluding hydrogens is 248 g/mol. The van der Waals surface area contributed by atoms with E-state index in [1.807, 2.05) is 31.2 Å². The number of hydrogen-bond acceptors (Lipinski definition) is 4. The summed E-state index contributed by atoms with van der Waals surface area (Å²) in [7, 11) is 0. The number of halogens is 1. The van der Waals surface area contributed by atoms with Crippen LogP contribution in [-0.4, -0.2) is 10.2 Å². The first-order valence-electron chi connectivity index (χ1n) is 5.45. The molecule has 1 heterocycles. The van der Waals surface area contributed by atoms with E-state index in [9.17, 15) is 0 Å². The number of anilines is 2. The van der Waals surface area contributed by atoms with Gasteiger partial charge in [-0.3, -0.25) is 0 Å². The molecule has 1 atom stereocenters. The molecule has 0 aliphatic carbocycles. The van der Waals surface area contributed by atoms with Gasteiger partial charge in [-0.05, 0) is 36.8 Å². The predicted octanol–water partition coefficient (Wildman–Crippen LogP) is 3.50. The van der Waals surface area contributed by atoms with Crippen molar-refractivity contribution in [2.75, 3.05) is 5.32 Å². The summed E-state index contributed by atoms with van der Waals surface area (Å²) >= 11 is 5.65. The molecule has 0 fully saturated rings. The molecule has 1 aromatic heterocycles. The van der Waals surface area contributed by atoms with E-state index in [1.165, 1.54) is 0 Å². The number of benzene rings is 1. The van der Waals surface area contributed by atoms with Gasteiger partial charge in [0.2, 0.25) is 0 Å². The van der Waals surface area contributed by atoms with Crippen molar-refractivity contribution in [1.29, 1.82) is 5.26 Å². The molecule has 0 saturated carbocycles. The van der Waals surface area contributed by atoms with E-state index in [0.29, 0.717) is 11.0 Å². The summed E-state index contributed by atoms with van der Waals surface area (Å²) in [6.45, 7) is 1.87. The van der Waals surface area contributed by atoms with Crippen molar-refractivity contribution in [1.82, 2.24) is 10.2 Å². The van der Waals surface area contributed by atoms with Crippen molar-refractivity contribution in [3.05, 3.63) is 47.1 Å². The molecule has 0 aliphatic rings. The van der Waals surface area contributed by atoms with Crippen LogP contribution in [0.4, 0.5) is 11.5 Å². The molecule has 1 N–H and O–H groups in total. The van der Waals surface area contributed by atoms with Gasteiger partial charge < -0.3 is 5.32 Å². The average Bonchev–Trinajstić information content (AvgIpc) is 2.41. The maximum Gasteiger partial charge on any atom is 0.153 e. The monoisotopic (exact) mass is 258 g/mol. The van der Waals surface area contributed by atoms with Gasteiger partial charge in [0.1, 0.15) is 0 Å². The third kappa shape index (κ3) is 2.96. The van der Waals surface area contributed by atoms with Crippen LogP contribution in [0.15, 0.2) is 36.4 Å². The molecule has 0 aliphatic heterocycles. The molecule has 0 amide bonds. The molecule has 1 aromatic carbocycles. The maximum absolute atomic E-state index is 8.82. The molecule has 18 heavy (non-hydrogen) atoms. The number of nitrogens with one attached hydrogen (secondary N) is 1. The highest BCUT2D eigenvalue weighted by atomic mass is 35.5. The summed E-state index contributed by atoms with van der Waals surface area (Å²) in [5, 5.41) is 19.9. The molecular formula is C13H11ClN4. The fourth-order valence-electron chi connectivity index (χ4n) is 1.46. The highest BCUT2D eigenvalue weighted by molar-refractivity contribution is 6.29. The largest absolute Gasteiger partial charge is 0.339 e. The number of aromatic nitrogens is 2. The Morgan fingerprint density at radius 2 is 1.89 bits per heavy atom. The van der Waals surface area contributed by atoms with Crippen molar-refractivity contribution in [2.24, 2.45) is 0 Å². The van der Waals surface area contributed by atoms with Gasteiger partial charge in [-0.15, -0.1) is 10.2 Å². The first-order chi connectivity index (χ1) is 8.69. The molecule has 0 bridgehead atoms. The minimum absolute atomic E-state index is 0.102. The zero-order valence-corrected chi connectivity index (χ0v) is 10.5. The van der Waals surface area contributed by atoms with Crippen LogP contribution in [0.2, 0.25) is 5.15 Å². The Balaban J connectivity index is 2.11. The zero-order chi connectivity index (χ0) is 13.0. The van der Waals surface area contributed by atoms with Gasteiger partial charge >= 0.3 is 0 Å². The van der Waals surface area contributed by atoms with E-state index in [4.69, 9.17) is 16.9 Å². The van der Waals surface area contributed by atoms with E-state index in [0.717, 1.165) is 11.3 Å². The molecule has 0 radical (unpaired) electrons. The Labute approximate surface area is 110 Å². The Morgan fingerprint density at radius 1 is 1.17 bits per heavy atom. The molecule has 1 unspecified atom stereocenters. The molecule has 90 valence electrons. The first kappa shape index (κ1) is 12.3. The van der Waals surface area contributed by atoms with Crippen molar-refractivity contribution in [3.8, 4) is 6.07 Å². The van der Waals surface area contributed by atoms with Crippen LogP contribution in [0, 0.1) is 11.3 Å². The highest BCUT2D eigenvalue weighted by Gasteiger charge is 2.03. The summed E-state index contributed by atoms with van der Waals surface area (Å²) in [5.41, 5.74) is 1.88. The van der Waals surface area contributed by atoms with Crippen molar-refractivity contribution < 1.29 is 0 Å². The standard InChI is InChI=1S/C13H11ClN4/c1-9(8-15)10-2-4-11(5-3-10)16-13-7-6-12(14)17-18-13/h2-7,9H,1H3,(H,16,18). The number of hydrogen-bond donors (Lipinski definition) is 1. The third-order valence-electron chi connectivity index (χ3n) is 2.51. The minimum atomic E-state index is -0.102. The maximum atomic E-state index is 8.82. The summed E-state index contributed by atoms with van der Waals surface area (Å²) in [6.07, 6.45) is 0. The topological polar surface area (TPSA) is 61.6 Å². The van der Waals surface area contributed by atoms with Crippen molar-refractivity contribution in [3.63, 3.8) is 0 Å². The smallest absolute Gasteiger partial charge is 0.153 e. The van der Waals surface area contributed by atoms with Crippen LogP contribution in [0.25, 0.3) is 0 Å². The van der Waals surface area contributed by atoms with Crippen LogP contribution in [-0.2, 0) is 0 Å². The van der Waals surface area contributed by atoms with E-state index >= 15 is 0 Å². The van der Waals surface area contributed by atoms with Crippen LogP contribution >= 0.6 is 11.6 Å². The van der Waals surface area contributed by atoms with Crippen LogP contribution < -0.4 is 5.32 Å². The number of nitriles is 1. The van der Waals surface area contributed by atoms with Gasteiger partial charge in [-0.1, -0.05) is 23.7 Å². The predicted molar refractivity (Wildman–Crippen MR) is 70.8 cm³/mol. The van der Waals surface area contributed by atoms with Gasteiger partial charge in [0.15, 0.2) is 11.0 Å². The van der Waals surface area contributed by atoms with Crippen LogP contribution in [0.5, 0.6) is 0 Å². The van der Waals surface area contributed by atoms with Gasteiger partial charge in [-0.25, -0.2) is 0 Å². The molecule has 0 spiro atoms. The van der Waals surface area contributed by atoms with Crippen molar-refractivity contribution >= 4 is 23.1 Å². The number of nitrogens with zero attached hydrogens (tertiary/aromatic N) is 3. The van der Waals surface area contributed by atoms with Crippen LogP contribution in [0.3, 0.4) is 0 Å². The normalized spacial score (nSPS) is 11.6. The average molecular weight is 259 g/mol. The lowest BCUT2D eigenvalue weighted by Crippen LogP contribution is -1.96. The van der Waals surface area contributed by atoms with Gasteiger partial charge in [-0.2, -0.15) is 5.26 Å². The van der Waals surface area contributed by atoms with Gasteiger partial charge in [0, 0.05) is 5.69 Å². The molecule has 5 heteroatoms. The van der Waals surface area contributed by atoms with Gasteiger partial charge in [0.25, 0.3) is 0 Å². The highest BCUT2D eigenvalue weighted by Crippen LogP contribution is 2.19. The fourth-order valence-corrected chi connectivity index (χ4v) is 1.56. The quantitative estimate of drug-likeness (QED) is 0.915. The lowest BCUT2D eigenvalue weighted by Gasteiger charge is -2.07. The Kier molecular flexibility index (Phi) is 3.75. The second-order valence-corrected chi connectivity index (χ2v) is 4.23. The SMILES string of the molecule is CC(C#N)c1ccc(Nc2ccc(Cl)nn2)cc1. The van der Waals surface area contributed by atoms with E-state index in [1.54, 1.807) is 12.1 Å². The van der Waals surface area contributed by atoms with Crippen molar-refractivity contribution in [2.45, 2.75) is 12.8 Å². The number of rotatable bonds is 3. The lowest BCUT2D eigenvalue weighted by atomic mass is 10.0. The molecule has 2 rings (SSSR count). The molecule has 4 nitrogen and oxygen atoms in total. The second-order valence-electron chi connectivity index (χ2n) is 3.84. The Bertz CT molecular complexity index is 557. The first-order valence-corrected chi connectivity index (χ1v) is 5.82. The third-order valence-corrected chi connectivity index (χ3v) is 2.71. The summed E-state index contributed by atoms with van der Waals surface area (Å²) in [5.74, 6) is 0.523. The summed E-state index contributed by atoms with van der Waals surface area (Å²) in [4.78, 5) is 0. The zero-order valence-electron chi connectivity index (χ0n) is 9.76. The minimum Gasteiger partial charge on any atom is -0.339 e. The molecule has 2 aromatic rings. The van der Waals surface area contributed by atoms with Crippen LogP contribution in [0.1, 0.15) is 18.4 Å². The fraction of sp³-hybridized carbons (Fsp3) is 0.154. The lowest BCUT2D eigenvalue weighted by molar-refractivity contribution is 0.982. The summed E-state index contributed by atoms with van der Waals surface area (Å²) < 4.78 is 0. The second kappa shape index (κ2) is 5.48. The Morgan fingerprint density at radius 3 is 2.44 bits per heavy atom. The van der Waals surface area contributed by atoms with E-state index in [2.05, 4.69) is 21.6 Å².